The second-order valence-corrected chi connectivity index (χ2v) is 5.74. The zero-order valence-corrected chi connectivity index (χ0v) is 13.0. The van der Waals surface area contributed by atoms with Gasteiger partial charge in [0.05, 0.1) is 6.61 Å². The average Bonchev–Trinajstić information content (AvgIpc) is 2.49. The van der Waals surface area contributed by atoms with Crippen LogP contribution in [0.1, 0.15) is 63.0 Å². The Labute approximate surface area is 124 Å². The fourth-order valence-corrected chi connectivity index (χ4v) is 2.38. The Morgan fingerprint density at radius 1 is 0.900 bits per heavy atom. The molecule has 1 rings (SSSR count). The zero-order valence-electron chi connectivity index (χ0n) is 13.0. The van der Waals surface area contributed by atoms with Crippen molar-refractivity contribution in [1.29, 1.82) is 0 Å². The van der Waals surface area contributed by atoms with Gasteiger partial charge in [0, 0.05) is 0 Å². The Morgan fingerprint density at radius 2 is 1.45 bits per heavy atom. The van der Waals surface area contributed by atoms with Crippen molar-refractivity contribution in [3.63, 3.8) is 0 Å². The summed E-state index contributed by atoms with van der Waals surface area (Å²) >= 11 is 0. The highest BCUT2D eigenvalue weighted by atomic mass is 16.3. The lowest BCUT2D eigenvalue weighted by atomic mass is 10.0. The van der Waals surface area contributed by atoms with E-state index in [1.54, 1.807) is 0 Å². The van der Waals surface area contributed by atoms with Crippen LogP contribution in [0.3, 0.4) is 0 Å². The first-order valence-corrected chi connectivity index (χ1v) is 8.11. The number of unbranched alkanes of at least 4 members (excludes halogenated alkanes) is 5. The van der Waals surface area contributed by atoms with Crippen molar-refractivity contribution in [1.82, 2.24) is 0 Å². The summed E-state index contributed by atoms with van der Waals surface area (Å²) < 4.78 is 0. The Balaban J connectivity index is 2.19. The molecule has 0 aromatic heterocycles. The number of hydrogen-bond acceptors (Lipinski definition) is 1. The summed E-state index contributed by atoms with van der Waals surface area (Å²) in [6, 6.07) is 8.94. The molecule has 1 heteroatoms. The molecule has 0 fully saturated rings. The van der Waals surface area contributed by atoms with Crippen molar-refractivity contribution in [3.05, 3.63) is 47.5 Å². The third kappa shape index (κ3) is 7.49. The molecule has 0 heterocycles. The molecular weight excluding hydrogens is 244 g/mol. The lowest BCUT2D eigenvalue weighted by Gasteiger charge is -2.05. The van der Waals surface area contributed by atoms with E-state index < -0.39 is 0 Å². The third-order valence-corrected chi connectivity index (χ3v) is 3.83. The average molecular weight is 274 g/mol. The number of rotatable bonds is 11. The van der Waals surface area contributed by atoms with Gasteiger partial charge in [-0.25, -0.2) is 0 Å². The van der Waals surface area contributed by atoms with Crippen molar-refractivity contribution in [2.24, 2.45) is 0 Å². The molecule has 0 atom stereocenters. The highest BCUT2D eigenvalue weighted by Crippen LogP contribution is 2.13. The maximum Gasteiger partial charge on any atom is 0.0639 e. The molecule has 0 bridgehead atoms. The van der Waals surface area contributed by atoms with Gasteiger partial charge in [-0.05, 0) is 36.8 Å². The molecule has 112 valence electrons. The minimum absolute atomic E-state index is 0.107. The second-order valence-electron chi connectivity index (χ2n) is 5.74. The van der Waals surface area contributed by atoms with Gasteiger partial charge >= 0.3 is 0 Å². The molecule has 1 aromatic carbocycles. The normalized spacial score (nSPS) is 10.7. The lowest BCUT2D eigenvalue weighted by molar-refractivity contribution is 0.327. The van der Waals surface area contributed by atoms with Crippen molar-refractivity contribution < 1.29 is 5.11 Å². The molecule has 0 radical (unpaired) electrons. The summed E-state index contributed by atoms with van der Waals surface area (Å²) in [5.41, 5.74) is 3.71. The molecule has 0 saturated heterocycles. The summed E-state index contributed by atoms with van der Waals surface area (Å²) in [6.07, 6.45) is 11.2. The van der Waals surface area contributed by atoms with E-state index in [0.717, 1.165) is 18.4 Å². The molecule has 0 spiro atoms. The second kappa shape index (κ2) is 10.7. The number of aliphatic hydroxyl groups is 1. The predicted octanol–water partition coefficient (Wildman–Crippen LogP) is 5.07. The van der Waals surface area contributed by atoms with E-state index in [1.165, 1.54) is 56.1 Å². The zero-order chi connectivity index (χ0) is 14.6. The van der Waals surface area contributed by atoms with Crippen molar-refractivity contribution >= 4 is 0 Å². The van der Waals surface area contributed by atoms with E-state index in [-0.39, 0.29) is 6.61 Å². The van der Waals surface area contributed by atoms with Gasteiger partial charge < -0.3 is 5.11 Å². The van der Waals surface area contributed by atoms with Gasteiger partial charge in [-0.3, -0.25) is 0 Å². The van der Waals surface area contributed by atoms with E-state index >= 15 is 0 Å². The van der Waals surface area contributed by atoms with Gasteiger partial charge in [0.1, 0.15) is 0 Å². The van der Waals surface area contributed by atoms with Gasteiger partial charge in [0.15, 0.2) is 0 Å². The molecule has 1 nitrogen and oxygen atoms in total. The quantitative estimate of drug-likeness (QED) is 0.441. The predicted molar refractivity (Wildman–Crippen MR) is 88.1 cm³/mol. The summed E-state index contributed by atoms with van der Waals surface area (Å²) in [6.45, 7) is 6.20. The van der Waals surface area contributed by atoms with Crippen LogP contribution in [0.5, 0.6) is 0 Å². The maximum absolute atomic E-state index is 8.93. The van der Waals surface area contributed by atoms with Gasteiger partial charge in [0.2, 0.25) is 0 Å². The standard InChI is InChI=1S/C19H30O/c1-3-4-5-6-7-8-9-18-12-14-19(15-13-18)11-10-17(2)16-20/h12-15,20H,2-11,16H2,1H3. The molecule has 0 aliphatic rings. The topological polar surface area (TPSA) is 20.2 Å². The fraction of sp³-hybridized carbons (Fsp3) is 0.579. The number of hydrogen-bond donors (Lipinski definition) is 1. The van der Waals surface area contributed by atoms with Crippen LogP contribution in [-0.4, -0.2) is 11.7 Å². The molecule has 1 N–H and O–H groups in total. The number of aliphatic hydroxyl groups excluding tert-OH is 1. The third-order valence-electron chi connectivity index (χ3n) is 3.83. The Morgan fingerprint density at radius 3 is 2.05 bits per heavy atom. The van der Waals surface area contributed by atoms with E-state index in [0.29, 0.717) is 0 Å². The van der Waals surface area contributed by atoms with E-state index in [9.17, 15) is 0 Å². The number of benzene rings is 1. The molecule has 0 saturated carbocycles. The van der Waals surface area contributed by atoms with Crippen LogP contribution < -0.4 is 0 Å². The SMILES string of the molecule is C=C(CO)CCc1ccc(CCCCCCCC)cc1. The van der Waals surface area contributed by atoms with Crippen LogP contribution in [-0.2, 0) is 12.8 Å². The summed E-state index contributed by atoms with van der Waals surface area (Å²) in [4.78, 5) is 0. The Kier molecular flexibility index (Phi) is 9.06. The van der Waals surface area contributed by atoms with Crippen molar-refractivity contribution in [3.8, 4) is 0 Å². The molecular formula is C19H30O. The number of aryl methyl sites for hydroxylation is 2. The van der Waals surface area contributed by atoms with Crippen LogP contribution in [0, 0.1) is 0 Å². The summed E-state index contributed by atoms with van der Waals surface area (Å²) in [5, 5.41) is 8.93. The Hall–Kier alpha value is -1.08. The molecule has 1 aromatic rings. The minimum atomic E-state index is 0.107. The molecule has 0 unspecified atom stereocenters. The van der Waals surface area contributed by atoms with E-state index in [2.05, 4.69) is 37.8 Å². The van der Waals surface area contributed by atoms with Gasteiger partial charge in [-0.15, -0.1) is 0 Å². The van der Waals surface area contributed by atoms with Crippen LogP contribution in [0.15, 0.2) is 36.4 Å². The largest absolute Gasteiger partial charge is 0.392 e. The molecule has 20 heavy (non-hydrogen) atoms. The van der Waals surface area contributed by atoms with Gasteiger partial charge in [-0.1, -0.05) is 75.4 Å². The molecule has 0 aliphatic heterocycles. The Bertz CT molecular complexity index is 364. The smallest absolute Gasteiger partial charge is 0.0639 e. The van der Waals surface area contributed by atoms with Crippen LogP contribution >= 0.6 is 0 Å². The molecule has 0 amide bonds. The summed E-state index contributed by atoms with van der Waals surface area (Å²) in [7, 11) is 0. The molecule has 0 aliphatic carbocycles. The van der Waals surface area contributed by atoms with Gasteiger partial charge in [0.25, 0.3) is 0 Å². The maximum atomic E-state index is 8.93. The first-order valence-electron chi connectivity index (χ1n) is 8.11. The van der Waals surface area contributed by atoms with Crippen LogP contribution in [0.2, 0.25) is 0 Å². The van der Waals surface area contributed by atoms with Crippen LogP contribution in [0.25, 0.3) is 0 Å². The summed E-state index contributed by atoms with van der Waals surface area (Å²) in [5.74, 6) is 0. The van der Waals surface area contributed by atoms with E-state index in [4.69, 9.17) is 5.11 Å². The lowest BCUT2D eigenvalue weighted by Crippen LogP contribution is -1.93. The van der Waals surface area contributed by atoms with Crippen LogP contribution in [0.4, 0.5) is 0 Å². The first kappa shape index (κ1) is 17.0. The first-order chi connectivity index (χ1) is 9.76. The van der Waals surface area contributed by atoms with Gasteiger partial charge in [-0.2, -0.15) is 0 Å². The fourth-order valence-electron chi connectivity index (χ4n) is 2.38. The minimum Gasteiger partial charge on any atom is -0.392 e. The highest BCUT2D eigenvalue weighted by Gasteiger charge is 1.98. The highest BCUT2D eigenvalue weighted by molar-refractivity contribution is 5.23. The van der Waals surface area contributed by atoms with E-state index in [1.807, 2.05) is 0 Å². The van der Waals surface area contributed by atoms with Crippen molar-refractivity contribution in [2.75, 3.05) is 6.61 Å². The van der Waals surface area contributed by atoms with Crippen molar-refractivity contribution in [2.45, 2.75) is 64.7 Å². The monoisotopic (exact) mass is 274 g/mol.